The van der Waals surface area contributed by atoms with Crippen LogP contribution >= 0.6 is 0 Å². The molecule has 1 amide bonds. The summed E-state index contributed by atoms with van der Waals surface area (Å²) in [5.74, 6) is 0.719. The Morgan fingerprint density at radius 2 is 2.10 bits per heavy atom. The van der Waals surface area contributed by atoms with Gasteiger partial charge in [-0.25, -0.2) is 0 Å². The maximum absolute atomic E-state index is 11.6. The van der Waals surface area contributed by atoms with Crippen LogP contribution in [-0.4, -0.2) is 42.0 Å². The minimum Gasteiger partial charge on any atom is -0.368 e. The Morgan fingerprint density at radius 3 is 2.80 bits per heavy atom. The minimum atomic E-state index is -0.541. The van der Waals surface area contributed by atoms with Gasteiger partial charge < -0.3 is 16.0 Å². The fraction of sp³-hybridized carbons (Fsp3) is 0.938. The van der Waals surface area contributed by atoms with Gasteiger partial charge in [-0.05, 0) is 64.6 Å². The Bertz CT molecular complexity index is 334. The van der Waals surface area contributed by atoms with Crippen LogP contribution in [0.4, 0.5) is 0 Å². The van der Waals surface area contributed by atoms with E-state index in [9.17, 15) is 4.79 Å². The van der Waals surface area contributed by atoms with E-state index in [1.807, 2.05) is 13.8 Å². The molecule has 0 aromatic heterocycles. The van der Waals surface area contributed by atoms with E-state index in [2.05, 4.69) is 10.2 Å². The van der Waals surface area contributed by atoms with Crippen LogP contribution in [0.5, 0.6) is 0 Å². The zero-order valence-electron chi connectivity index (χ0n) is 13.2. The van der Waals surface area contributed by atoms with Crippen molar-refractivity contribution in [3.05, 3.63) is 0 Å². The van der Waals surface area contributed by atoms with Crippen molar-refractivity contribution in [1.82, 2.24) is 10.2 Å². The van der Waals surface area contributed by atoms with E-state index in [-0.39, 0.29) is 5.91 Å². The van der Waals surface area contributed by atoms with Crippen molar-refractivity contribution in [1.29, 1.82) is 0 Å². The van der Waals surface area contributed by atoms with Crippen LogP contribution in [0.3, 0.4) is 0 Å². The Hall–Kier alpha value is -0.610. The lowest BCUT2D eigenvalue weighted by Crippen LogP contribution is -2.53. The van der Waals surface area contributed by atoms with Crippen molar-refractivity contribution in [2.75, 3.05) is 19.6 Å². The van der Waals surface area contributed by atoms with E-state index in [1.165, 1.54) is 38.6 Å². The second-order valence-corrected chi connectivity index (χ2v) is 6.77. The first-order valence-corrected chi connectivity index (χ1v) is 8.36. The van der Waals surface area contributed by atoms with Gasteiger partial charge in [0.15, 0.2) is 0 Å². The van der Waals surface area contributed by atoms with Crippen molar-refractivity contribution in [2.45, 2.75) is 70.4 Å². The third-order valence-electron chi connectivity index (χ3n) is 5.36. The van der Waals surface area contributed by atoms with Gasteiger partial charge in [-0.1, -0.05) is 19.8 Å². The number of nitrogens with zero attached hydrogens (tertiary/aromatic N) is 1. The Morgan fingerprint density at radius 1 is 1.35 bits per heavy atom. The number of likely N-dealkylation sites (tertiary alicyclic amines) is 1. The van der Waals surface area contributed by atoms with Gasteiger partial charge in [0.05, 0.1) is 5.54 Å². The molecule has 1 aliphatic heterocycles. The molecule has 2 fully saturated rings. The highest BCUT2D eigenvalue weighted by Crippen LogP contribution is 2.36. The Kier molecular flexibility index (Phi) is 5.44. The first kappa shape index (κ1) is 15.8. The van der Waals surface area contributed by atoms with Gasteiger partial charge in [0.2, 0.25) is 5.91 Å². The van der Waals surface area contributed by atoms with E-state index >= 15 is 0 Å². The number of primary amides is 1. The molecule has 0 radical (unpaired) electrons. The van der Waals surface area contributed by atoms with Crippen LogP contribution in [0, 0.1) is 5.92 Å². The summed E-state index contributed by atoms with van der Waals surface area (Å²) in [7, 11) is 0. The third-order valence-corrected chi connectivity index (χ3v) is 5.36. The van der Waals surface area contributed by atoms with E-state index in [0.29, 0.717) is 0 Å². The van der Waals surface area contributed by atoms with E-state index in [4.69, 9.17) is 5.73 Å². The molecule has 1 saturated heterocycles. The first-order valence-electron chi connectivity index (χ1n) is 8.36. The van der Waals surface area contributed by atoms with Gasteiger partial charge in [-0.15, -0.1) is 0 Å². The number of hydrogen-bond acceptors (Lipinski definition) is 3. The quantitative estimate of drug-likeness (QED) is 0.749. The Labute approximate surface area is 123 Å². The van der Waals surface area contributed by atoms with Crippen LogP contribution in [0.1, 0.15) is 58.8 Å². The fourth-order valence-electron chi connectivity index (χ4n) is 4.11. The molecule has 4 nitrogen and oxygen atoms in total. The van der Waals surface area contributed by atoms with Crippen LogP contribution in [0.15, 0.2) is 0 Å². The van der Waals surface area contributed by atoms with Gasteiger partial charge in [-0.2, -0.15) is 0 Å². The lowest BCUT2D eigenvalue weighted by atomic mass is 9.85. The summed E-state index contributed by atoms with van der Waals surface area (Å²) in [6.45, 7) is 7.12. The molecule has 0 bridgehead atoms. The SMILES string of the molecule is CCNC(C)(CCCN1CCC2CCCCC21)C(N)=O. The number of carbonyl (C=O) groups is 1. The van der Waals surface area contributed by atoms with E-state index in [1.54, 1.807) is 0 Å². The first-order chi connectivity index (χ1) is 9.57. The van der Waals surface area contributed by atoms with Crippen LogP contribution in [-0.2, 0) is 4.79 Å². The molecule has 0 aromatic carbocycles. The van der Waals surface area contributed by atoms with E-state index in [0.717, 1.165) is 37.9 Å². The summed E-state index contributed by atoms with van der Waals surface area (Å²) in [6, 6.07) is 0.822. The molecule has 2 rings (SSSR count). The fourth-order valence-corrected chi connectivity index (χ4v) is 4.11. The summed E-state index contributed by atoms with van der Waals surface area (Å²) in [6.07, 6.45) is 8.90. The topological polar surface area (TPSA) is 58.4 Å². The summed E-state index contributed by atoms with van der Waals surface area (Å²) in [4.78, 5) is 14.3. The molecular formula is C16H31N3O. The van der Waals surface area contributed by atoms with Crippen molar-refractivity contribution >= 4 is 5.91 Å². The standard InChI is InChI=1S/C16H31N3O/c1-3-18-16(2,15(17)20)10-6-11-19-12-9-13-7-4-5-8-14(13)19/h13-14,18H,3-12H2,1-2H3,(H2,17,20). The van der Waals surface area contributed by atoms with Crippen LogP contribution in [0.2, 0.25) is 0 Å². The number of hydrogen-bond donors (Lipinski definition) is 2. The molecule has 1 saturated carbocycles. The smallest absolute Gasteiger partial charge is 0.237 e. The summed E-state index contributed by atoms with van der Waals surface area (Å²) >= 11 is 0. The maximum atomic E-state index is 11.6. The summed E-state index contributed by atoms with van der Waals surface area (Å²) in [5, 5.41) is 3.25. The number of fused-ring (bicyclic) bond motifs is 1. The van der Waals surface area contributed by atoms with E-state index < -0.39 is 5.54 Å². The molecule has 3 atom stereocenters. The summed E-state index contributed by atoms with van der Waals surface area (Å²) < 4.78 is 0. The predicted octanol–water partition coefficient (Wildman–Crippen LogP) is 1.88. The number of nitrogens with two attached hydrogens (primary N) is 1. The lowest BCUT2D eigenvalue weighted by molar-refractivity contribution is -0.124. The number of nitrogens with one attached hydrogen (secondary N) is 1. The molecule has 116 valence electrons. The monoisotopic (exact) mass is 281 g/mol. The highest BCUT2D eigenvalue weighted by atomic mass is 16.1. The summed E-state index contributed by atoms with van der Waals surface area (Å²) in [5.41, 5.74) is 5.00. The van der Waals surface area contributed by atoms with Crippen molar-refractivity contribution in [3.8, 4) is 0 Å². The maximum Gasteiger partial charge on any atom is 0.237 e. The highest BCUT2D eigenvalue weighted by molar-refractivity contribution is 5.84. The van der Waals surface area contributed by atoms with Gasteiger partial charge in [0.1, 0.15) is 0 Å². The van der Waals surface area contributed by atoms with Crippen LogP contribution < -0.4 is 11.1 Å². The molecule has 0 aromatic rings. The van der Waals surface area contributed by atoms with Gasteiger partial charge in [-0.3, -0.25) is 4.79 Å². The zero-order chi connectivity index (χ0) is 14.6. The molecule has 3 unspecified atom stereocenters. The highest BCUT2D eigenvalue weighted by Gasteiger charge is 2.36. The lowest BCUT2D eigenvalue weighted by Gasteiger charge is -2.33. The molecule has 20 heavy (non-hydrogen) atoms. The molecule has 1 heterocycles. The van der Waals surface area contributed by atoms with Gasteiger partial charge >= 0.3 is 0 Å². The Balaban J connectivity index is 1.79. The zero-order valence-corrected chi connectivity index (χ0v) is 13.2. The van der Waals surface area contributed by atoms with Crippen molar-refractivity contribution < 1.29 is 4.79 Å². The number of likely N-dealkylation sites (N-methyl/N-ethyl adjacent to an activating group) is 1. The molecule has 0 spiro atoms. The number of amides is 1. The molecule has 1 aliphatic carbocycles. The number of carbonyl (C=O) groups excluding carboxylic acids is 1. The number of rotatable bonds is 7. The van der Waals surface area contributed by atoms with Crippen molar-refractivity contribution in [3.63, 3.8) is 0 Å². The molecule has 3 N–H and O–H groups in total. The van der Waals surface area contributed by atoms with Crippen molar-refractivity contribution in [2.24, 2.45) is 11.7 Å². The third kappa shape index (κ3) is 3.53. The predicted molar refractivity (Wildman–Crippen MR) is 82.4 cm³/mol. The second kappa shape index (κ2) is 6.90. The normalized spacial score (nSPS) is 29.9. The second-order valence-electron chi connectivity index (χ2n) is 6.77. The minimum absolute atomic E-state index is 0.226. The molecule has 2 aliphatic rings. The van der Waals surface area contributed by atoms with Gasteiger partial charge in [0.25, 0.3) is 0 Å². The van der Waals surface area contributed by atoms with Gasteiger partial charge in [0, 0.05) is 6.04 Å². The molecular weight excluding hydrogens is 250 g/mol. The average Bonchev–Trinajstić information content (AvgIpc) is 2.82. The van der Waals surface area contributed by atoms with Crippen LogP contribution in [0.25, 0.3) is 0 Å². The average molecular weight is 281 g/mol. The largest absolute Gasteiger partial charge is 0.368 e. The molecule has 4 heteroatoms.